The SMILES string of the molecule is CC(C)(C)OC(=O)Nc1cc(C#N)cc(N2CC[C@@H](NC(=O)OC(C)(C)C)[C@H](O[Si](C)(C)C(C)(C)C)C2)c1Cl. The minimum atomic E-state index is -2.23. The second kappa shape index (κ2) is 11.9. The maximum Gasteiger partial charge on any atom is 0.412 e. The second-order valence-electron chi connectivity index (χ2n) is 13.5. The van der Waals surface area contributed by atoms with Crippen molar-refractivity contribution >= 4 is 43.5 Å². The van der Waals surface area contributed by atoms with Gasteiger partial charge in [0.15, 0.2) is 8.32 Å². The van der Waals surface area contributed by atoms with Crippen molar-refractivity contribution in [2.24, 2.45) is 0 Å². The van der Waals surface area contributed by atoms with Gasteiger partial charge in [-0.1, -0.05) is 32.4 Å². The average molecular weight is 581 g/mol. The van der Waals surface area contributed by atoms with Crippen molar-refractivity contribution in [3.8, 4) is 6.07 Å². The number of ether oxygens (including phenoxy) is 2. The van der Waals surface area contributed by atoms with Gasteiger partial charge < -0.3 is 24.1 Å². The Morgan fingerprint density at radius 2 is 1.59 bits per heavy atom. The van der Waals surface area contributed by atoms with Gasteiger partial charge >= 0.3 is 12.2 Å². The number of carbonyl (C=O) groups excluding carboxylic acids is 2. The predicted molar refractivity (Wildman–Crippen MR) is 158 cm³/mol. The molecule has 0 bridgehead atoms. The van der Waals surface area contributed by atoms with E-state index in [2.05, 4.69) is 50.6 Å². The number of hydrogen-bond acceptors (Lipinski definition) is 7. The van der Waals surface area contributed by atoms with Crippen LogP contribution < -0.4 is 15.5 Å². The maximum absolute atomic E-state index is 12.7. The second-order valence-corrected chi connectivity index (χ2v) is 18.6. The molecule has 218 valence electrons. The van der Waals surface area contributed by atoms with Crippen LogP contribution in [0.4, 0.5) is 21.0 Å². The number of benzene rings is 1. The number of hydrogen-bond donors (Lipinski definition) is 2. The van der Waals surface area contributed by atoms with Crippen LogP contribution in [-0.4, -0.2) is 56.9 Å². The third kappa shape index (κ3) is 9.59. The fourth-order valence-electron chi connectivity index (χ4n) is 3.84. The smallest absolute Gasteiger partial charge is 0.412 e. The normalized spacial score (nSPS) is 18.7. The Labute approximate surface area is 239 Å². The highest BCUT2D eigenvalue weighted by molar-refractivity contribution is 6.74. The van der Waals surface area contributed by atoms with E-state index < -0.39 is 31.7 Å². The first-order valence-corrected chi connectivity index (χ1v) is 16.6. The molecule has 11 heteroatoms. The molecular formula is C28H45ClN4O5Si. The molecule has 1 saturated heterocycles. The standard InChI is InChI=1S/C28H45ClN4O5Si/c1-26(2,3)36-24(34)31-19-12-13-33(17-22(19)38-39(10,11)28(7,8)9)21-15-18(16-30)14-20(23(21)29)32-25(35)37-27(4,5)6/h14-15,19,22H,12-13,17H2,1-11H3,(H,31,34)(H,32,35)/t19-,22-/m1/s1. The van der Waals surface area contributed by atoms with Crippen LogP contribution in [0.5, 0.6) is 0 Å². The molecule has 2 amide bonds. The van der Waals surface area contributed by atoms with Crippen molar-refractivity contribution in [1.29, 1.82) is 5.26 Å². The molecule has 1 aliphatic heterocycles. The first kappa shape index (κ1) is 32.7. The fraction of sp³-hybridized carbons (Fsp3) is 0.679. The molecule has 0 radical (unpaired) electrons. The van der Waals surface area contributed by atoms with Gasteiger partial charge in [0.1, 0.15) is 11.2 Å². The summed E-state index contributed by atoms with van der Waals surface area (Å²) in [4.78, 5) is 27.2. The Morgan fingerprint density at radius 1 is 1.03 bits per heavy atom. The lowest BCUT2D eigenvalue weighted by Gasteiger charge is -2.46. The quantitative estimate of drug-likeness (QED) is 0.359. The van der Waals surface area contributed by atoms with E-state index >= 15 is 0 Å². The summed E-state index contributed by atoms with van der Waals surface area (Å²) in [6.07, 6.45) is -0.931. The molecule has 2 atom stereocenters. The molecule has 9 nitrogen and oxygen atoms in total. The molecule has 39 heavy (non-hydrogen) atoms. The number of halogens is 1. The third-order valence-electron chi connectivity index (χ3n) is 6.67. The molecule has 1 aromatic carbocycles. The highest BCUT2D eigenvalue weighted by atomic mass is 35.5. The third-order valence-corrected chi connectivity index (χ3v) is 11.6. The van der Waals surface area contributed by atoms with E-state index in [-0.39, 0.29) is 22.9 Å². The van der Waals surface area contributed by atoms with Crippen LogP contribution in [0, 0.1) is 11.3 Å². The molecule has 2 rings (SSSR count). The van der Waals surface area contributed by atoms with Crippen molar-refractivity contribution < 1.29 is 23.5 Å². The first-order chi connectivity index (χ1) is 17.6. The number of amides is 2. The monoisotopic (exact) mass is 580 g/mol. The van der Waals surface area contributed by atoms with Gasteiger partial charge in [0, 0.05) is 13.1 Å². The Hall–Kier alpha value is -2.48. The number of carbonyl (C=O) groups is 2. The predicted octanol–water partition coefficient (Wildman–Crippen LogP) is 7.05. The van der Waals surface area contributed by atoms with Gasteiger partial charge in [-0.25, -0.2) is 9.59 Å². The first-order valence-electron chi connectivity index (χ1n) is 13.3. The number of alkyl carbamates (subject to hydrolysis) is 1. The highest BCUT2D eigenvalue weighted by Crippen LogP contribution is 2.40. The molecule has 2 N–H and O–H groups in total. The zero-order chi connectivity index (χ0) is 30.0. The zero-order valence-corrected chi connectivity index (χ0v) is 27.0. The van der Waals surface area contributed by atoms with Crippen molar-refractivity contribution in [3.05, 3.63) is 22.7 Å². The van der Waals surface area contributed by atoms with Gasteiger partial charge in [0.2, 0.25) is 0 Å². The van der Waals surface area contributed by atoms with Crippen molar-refractivity contribution in [3.63, 3.8) is 0 Å². The highest BCUT2D eigenvalue weighted by Gasteiger charge is 2.43. The van der Waals surface area contributed by atoms with E-state index in [1.54, 1.807) is 26.8 Å². The van der Waals surface area contributed by atoms with E-state index in [0.717, 1.165) is 0 Å². The summed E-state index contributed by atoms with van der Waals surface area (Å²) in [5.41, 5.74) is -0.0825. The number of nitrogens with one attached hydrogen (secondary N) is 2. The fourth-order valence-corrected chi connectivity index (χ4v) is 5.47. The van der Waals surface area contributed by atoms with Gasteiger partial charge in [0.05, 0.1) is 40.2 Å². The van der Waals surface area contributed by atoms with E-state index in [1.165, 1.54) is 6.07 Å². The Bertz CT molecular complexity index is 1100. The molecule has 1 fully saturated rings. The van der Waals surface area contributed by atoms with Crippen LogP contribution in [0.3, 0.4) is 0 Å². The summed E-state index contributed by atoms with van der Waals surface area (Å²) in [5.74, 6) is 0. The molecule has 0 saturated carbocycles. The molecule has 1 aliphatic rings. The van der Waals surface area contributed by atoms with E-state index in [0.29, 0.717) is 35.8 Å². The Morgan fingerprint density at radius 3 is 2.10 bits per heavy atom. The molecule has 1 heterocycles. The van der Waals surface area contributed by atoms with E-state index in [1.807, 2.05) is 25.7 Å². The molecule has 0 unspecified atom stereocenters. The summed E-state index contributed by atoms with van der Waals surface area (Å²) in [6.45, 7) is 22.6. The topological polar surface area (TPSA) is 113 Å². The van der Waals surface area contributed by atoms with Crippen LogP contribution in [0.1, 0.15) is 74.3 Å². The minimum Gasteiger partial charge on any atom is -0.444 e. The van der Waals surface area contributed by atoms with Gasteiger partial charge in [-0.05, 0) is 78.2 Å². The van der Waals surface area contributed by atoms with Crippen LogP contribution in [0.15, 0.2) is 12.1 Å². The number of nitriles is 1. The summed E-state index contributed by atoms with van der Waals surface area (Å²) < 4.78 is 17.7. The van der Waals surface area contributed by atoms with Crippen molar-refractivity contribution in [1.82, 2.24) is 5.32 Å². The minimum absolute atomic E-state index is 0.0470. The molecular weight excluding hydrogens is 536 g/mol. The lowest BCUT2D eigenvalue weighted by molar-refractivity contribution is 0.0415. The molecule has 0 spiro atoms. The lowest BCUT2D eigenvalue weighted by Crippen LogP contribution is -2.59. The number of anilines is 2. The number of piperidine rings is 1. The average Bonchev–Trinajstić information content (AvgIpc) is 2.72. The van der Waals surface area contributed by atoms with Crippen LogP contribution in [0.25, 0.3) is 0 Å². The van der Waals surface area contributed by atoms with Crippen molar-refractivity contribution in [2.75, 3.05) is 23.3 Å². The molecule has 0 aromatic heterocycles. The van der Waals surface area contributed by atoms with Gasteiger partial charge in [0.25, 0.3) is 0 Å². The zero-order valence-electron chi connectivity index (χ0n) is 25.2. The van der Waals surface area contributed by atoms with Crippen molar-refractivity contribution in [2.45, 2.75) is 110 Å². The summed E-state index contributed by atoms with van der Waals surface area (Å²) >= 11 is 6.79. The van der Waals surface area contributed by atoms with Gasteiger partial charge in [-0.15, -0.1) is 0 Å². The van der Waals surface area contributed by atoms with Crippen LogP contribution in [-0.2, 0) is 13.9 Å². The summed E-state index contributed by atoms with van der Waals surface area (Å²) in [7, 11) is -2.23. The largest absolute Gasteiger partial charge is 0.444 e. The summed E-state index contributed by atoms with van der Waals surface area (Å²) in [5, 5.41) is 15.6. The van der Waals surface area contributed by atoms with Crippen LogP contribution in [0.2, 0.25) is 23.2 Å². The number of rotatable bonds is 5. The van der Waals surface area contributed by atoms with Gasteiger partial charge in [-0.3, -0.25) is 5.32 Å². The van der Waals surface area contributed by atoms with Crippen LogP contribution >= 0.6 is 11.6 Å². The maximum atomic E-state index is 12.7. The Kier molecular flexibility index (Phi) is 10.0. The van der Waals surface area contributed by atoms with Gasteiger partial charge in [-0.2, -0.15) is 5.26 Å². The molecule has 1 aromatic rings. The lowest BCUT2D eigenvalue weighted by atomic mass is 10.0. The summed E-state index contributed by atoms with van der Waals surface area (Å²) in [6, 6.07) is 5.10. The number of nitrogens with zero attached hydrogens (tertiary/aromatic N) is 2. The molecule has 0 aliphatic carbocycles. The van der Waals surface area contributed by atoms with E-state index in [9.17, 15) is 14.9 Å². The Balaban J connectivity index is 2.40. The van der Waals surface area contributed by atoms with E-state index in [4.69, 9.17) is 25.5 Å².